The maximum absolute atomic E-state index is 5.83. The monoisotopic (exact) mass is 366 g/mol. The Morgan fingerprint density at radius 2 is 1.81 bits per heavy atom. The molecule has 0 aromatic carbocycles. The van der Waals surface area contributed by atoms with E-state index < -0.39 is 0 Å². The van der Waals surface area contributed by atoms with E-state index in [1.54, 1.807) is 0 Å². The largest absolute Gasteiger partial charge is 0.378 e. The lowest BCUT2D eigenvalue weighted by atomic mass is 9.92. The van der Waals surface area contributed by atoms with Crippen molar-refractivity contribution in [2.24, 2.45) is 10.9 Å². The second-order valence-corrected chi connectivity index (χ2v) is 8.27. The van der Waals surface area contributed by atoms with Crippen molar-refractivity contribution < 1.29 is 4.74 Å². The third-order valence-corrected chi connectivity index (χ3v) is 6.03. The quantitative estimate of drug-likeness (QED) is 0.511. The van der Waals surface area contributed by atoms with Crippen LogP contribution < -0.4 is 10.6 Å². The smallest absolute Gasteiger partial charge is 0.191 e. The molecule has 1 heterocycles. The zero-order chi connectivity index (χ0) is 18.8. The molecule has 2 aliphatic rings. The standard InChI is InChI=1S/C21H42N4O/c1-5-26-20(17(2)3)11-14-23-21(22-4)24-18-12-15-25(16-13-18)19-9-7-6-8-10-19/h17-20H,5-16H2,1-4H3,(H2,22,23,24). The van der Waals surface area contributed by atoms with Gasteiger partial charge in [0, 0.05) is 45.4 Å². The van der Waals surface area contributed by atoms with Crippen LogP contribution in [0, 0.1) is 5.92 Å². The highest BCUT2D eigenvalue weighted by atomic mass is 16.5. The Kier molecular flexibility index (Phi) is 9.76. The predicted octanol–water partition coefficient (Wildman–Crippen LogP) is 3.40. The molecule has 1 aliphatic carbocycles. The number of hydrogen-bond acceptors (Lipinski definition) is 3. The van der Waals surface area contributed by atoms with Crippen molar-refractivity contribution in [2.75, 3.05) is 33.3 Å². The maximum atomic E-state index is 5.83. The van der Waals surface area contributed by atoms with Crippen LogP contribution in [-0.2, 0) is 4.74 Å². The molecule has 0 aromatic rings. The molecular formula is C21H42N4O. The molecule has 0 radical (unpaired) electrons. The Morgan fingerprint density at radius 3 is 2.38 bits per heavy atom. The Hall–Kier alpha value is -0.810. The average Bonchev–Trinajstić information content (AvgIpc) is 2.67. The third-order valence-electron chi connectivity index (χ3n) is 6.03. The van der Waals surface area contributed by atoms with Gasteiger partial charge >= 0.3 is 0 Å². The normalized spacial score (nSPS) is 22.6. The van der Waals surface area contributed by atoms with Crippen molar-refractivity contribution in [2.45, 2.75) is 90.3 Å². The minimum Gasteiger partial charge on any atom is -0.378 e. The van der Waals surface area contributed by atoms with Crippen molar-refractivity contribution in [1.82, 2.24) is 15.5 Å². The van der Waals surface area contributed by atoms with E-state index in [1.165, 1.54) is 58.0 Å². The minimum atomic E-state index is 0.323. The fraction of sp³-hybridized carbons (Fsp3) is 0.952. The van der Waals surface area contributed by atoms with Gasteiger partial charge in [-0.3, -0.25) is 4.99 Å². The molecule has 2 rings (SSSR count). The van der Waals surface area contributed by atoms with Crippen molar-refractivity contribution in [3.8, 4) is 0 Å². The highest BCUT2D eigenvalue weighted by Gasteiger charge is 2.26. The Labute approximate surface area is 161 Å². The van der Waals surface area contributed by atoms with Crippen molar-refractivity contribution in [3.63, 3.8) is 0 Å². The molecule has 5 heteroatoms. The van der Waals surface area contributed by atoms with E-state index in [0.29, 0.717) is 18.1 Å². The van der Waals surface area contributed by atoms with Crippen molar-refractivity contribution >= 4 is 5.96 Å². The molecule has 1 unspecified atom stereocenters. The highest BCUT2D eigenvalue weighted by molar-refractivity contribution is 5.79. The van der Waals surface area contributed by atoms with Crippen LogP contribution in [0.2, 0.25) is 0 Å². The van der Waals surface area contributed by atoms with E-state index in [2.05, 4.69) is 41.3 Å². The lowest BCUT2D eigenvalue weighted by Crippen LogP contribution is -2.51. The fourth-order valence-electron chi connectivity index (χ4n) is 4.40. The summed E-state index contributed by atoms with van der Waals surface area (Å²) >= 11 is 0. The van der Waals surface area contributed by atoms with Crippen LogP contribution in [0.3, 0.4) is 0 Å². The Balaban J connectivity index is 1.66. The number of nitrogens with one attached hydrogen (secondary N) is 2. The number of rotatable bonds is 8. The molecule has 0 spiro atoms. The van der Waals surface area contributed by atoms with E-state index >= 15 is 0 Å². The number of likely N-dealkylation sites (tertiary alicyclic amines) is 1. The SMILES string of the molecule is CCOC(CCNC(=NC)NC1CCN(C2CCCCC2)CC1)C(C)C. The Morgan fingerprint density at radius 1 is 1.12 bits per heavy atom. The van der Waals surface area contributed by atoms with Gasteiger partial charge in [-0.1, -0.05) is 33.1 Å². The molecule has 2 fully saturated rings. The summed E-state index contributed by atoms with van der Waals surface area (Å²) in [5, 5.41) is 7.12. The predicted molar refractivity (Wildman–Crippen MR) is 111 cm³/mol. The fourth-order valence-corrected chi connectivity index (χ4v) is 4.40. The number of aliphatic imine (C=N–C) groups is 1. The summed E-state index contributed by atoms with van der Waals surface area (Å²) < 4.78 is 5.83. The van der Waals surface area contributed by atoms with Gasteiger partial charge in [0.05, 0.1) is 6.10 Å². The second-order valence-electron chi connectivity index (χ2n) is 8.27. The number of guanidine groups is 1. The molecule has 0 bridgehead atoms. The second kappa shape index (κ2) is 11.8. The maximum Gasteiger partial charge on any atom is 0.191 e. The topological polar surface area (TPSA) is 48.9 Å². The Bertz CT molecular complexity index is 399. The van der Waals surface area contributed by atoms with Crippen LogP contribution in [0.5, 0.6) is 0 Å². The summed E-state index contributed by atoms with van der Waals surface area (Å²) in [7, 11) is 1.87. The van der Waals surface area contributed by atoms with Gasteiger partial charge in [-0.25, -0.2) is 0 Å². The molecule has 1 aliphatic heterocycles. The first-order valence-corrected chi connectivity index (χ1v) is 11.0. The van der Waals surface area contributed by atoms with Crippen molar-refractivity contribution in [1.29, 1.82) is 0 Å². The molecule has 0 amide bonds. The van der Waals surface area contributed by atoms with Crippen LogP contribution in [0.4, 0.5) is 0 Å². The summed E-state index contributed by atoms with van der Waals surface area (Å²) in [4.78, 5) is 7.16. The number of ether oxygens (including phenoxy) is 1. The lowest BCUT2D eigenvalue weighted by Gasteiger charge is -2.39. The van der Waals surface area contributed by atoms with Gasteiger partial charge in [0.1, 0.15) is 0 Å². The molecule has 5 nitrogen and oxygen atoms in total. The van der Waals surface area contributed by atoms with Gasteiger partial charge in [0.2, 0.25) is 0 Å². The van der Waals surface area contributed by atoms with Crippen LogP contribution in [0.25, 0.3) is 0 Å². The van der Waals surface area contributed by atoms with Gasteiger partial charge in [-0.05, 0) is 44.9 Å². The van der Waals surface area contributed by atoms with E-state index in [-0.39, 0.29) is 0 Å². The molecule has 1 atom stereocenters. The van der Waals surface area contributed by atoms with Crippen molar-refractivity contribution in [3.05, 3.63) is 0 Å². The minimum absolute atomic E-state index is 0.323. The number of nitrogens with zero attached hydrogens (tertiary/aromatic N) is 2. The number of piperidine rings is 1. The summed E-state index contributed by atoms with van der Waals surface area (Å²) in [6.45, 7) is 10.7. The lowest BCUT2D eigenvalue weighted by molar-refractivity contribution is 0.0258. The third kappa shape index (κ3) is 7.07. The average molecular weight is 367 g/mol. The van der Waals surface area contributed by atoms with Gasteiger partial charge in [0.25, 0.3) is 0 Å². The zero-order valence-electron chi connectivity index (χ0n) is 17.6. The number of hydrogen-bond donors (Lipinski definition) is 2. The van der Waals surface area contributed by atoms with Crippen LogP contribution in [-0.4, -0.2) is 62.3 Å². The first-order valence-electron chi connectivity index (χ1n) is 11.0. The summed E-state index contributed by atoms with van der Waals surface area (Å²) in [6, 6.07) is 1.41. The molecule has 1 saturated carbocycles. The highest BCUT2D eigenvalue weighted by Crippen LogP contribution is 2.25. The molecule has 26 heavy (non-hydrogen) atoms. The van der Waals surface area contributed by atoms with E-state index in [0.717, 1.165) is 31.6 Å². The van der Waals surface area contributed by atoms with Crippen LogP contribution >= 0.6 is 0 Å². The molecule has 152 valence electrons. The zero-order valence-corrected chi connectivity index (χ0v) is 17.6. The van der Waals surface area contributed by atoms with E-state index in [1.807, 2.05) is 7.05 Å². The van der Waals surface area contributed by atoms with Gasteiger partial charge in [-0.15, -0.1) is 0 Å². The first-order chi connectivity index (χ1) is 12.6. The summed E-state index contributed by atoms with van der Waals surface area (Å²) in [6.07, 6.45) is 10.9. The van der Waals surface area contributed by atoms with Gasteiger partial charge in [0.15, 0.2) is 5.96 Å². The molecule has 1 saturated heterocycles. The van der Waals surface area contributed by atoms with E-state index in [9.17, 15) is 0 Å². The summed E-state index contributed by atoms with van der Waals surface area (Å²) in [5.41, 5.74) is 0. The van der Waals surface area contributed by atoms with Crippen LogP contribution in [0.15, 0.2) is 4.99 Å². The molecule has 0 aromatic heterocycles. The van der Waals surface area contributed by atoms with Gasteiger partial charge < -0.3 is 20.3 Å². The van der Waals surface area contributed by atoms with E-state index in [4.69, 9.17) is 4.74 Å². The van der Waals surface area contributed by atoms with Crippen LogP contribution in [0.1, 0.15) is 72.1 Å². The molecule has 2 N–H and O–H groups in total. The molecular weight excluding hydrogens is 324 g/mol. The first kappa shape index (κ1) is 21.5. The van der Waals surface area contributed by atoms with Gasteiger partial charge in [-0.2, -0.15) is 0 Å². The summed E-state index contributed by atoms with van der Waals surface area (Å²) in [5.74, 6) is 1.50.